The van der Waals surface area contributed by atoms with Gasteiger partial charge in [0.15, 0.2) is 0 Å². The van der Waals surface area contributed by atoms with Crippen molar-refractivity contribution < 1.29 is 0 Å². The predicted molar refractivity (Wildman–Crippen MR) is 234 cm³/mol. The van der Waals surface area contributed by atoms with E-state index in [0.717, 1.165) is 22.7 Å². The first-order chi connectivity index (χ1) is 27.3. The smallest absolute Gasteiger partial charge is 0.0626 e. The molecule has 12 rings (SSSR count). The molecule has 2 heterocycles. The van der Waals surface area contributed by atoms with Gasteiger partial charge in [0.1, 0.15) is 0 Å². The van der Waals surface area contributed by atoms with Gasteiger partial charge in [0.25, 0.3) is 0 Å². The summed E-state index contributed by atoms with van der Waals surface area (Å²) in [4.78, 5) is 2.36. The fourth-order valence-corrected chi connectivity index (χ4v) is 9.46. The van der Waals surface area contributed by atoms with Crippen LogP contribution in [-0.4, -0.2) is 9.13 Å². The summed E-state index contributed by atoms with van der Waals surface area (Å²) >= 11 is 0. The van der Waals surface area contributed by atoms with Gasteiger partial charge < -0.3 is 14.0 Å². The van der Waals surface area contributed by atoms with Gasteiger partial charge in [-0.15, -0.1) is 0 Å². The predicted octanol–water partition coefficient (Wildman–Crippen LogP) is 14.2. The highest BCUT2D eigenvalue weighted by molar-refractivity contribution is 6.44. The van der Waals surface area contributed by atoms with Crippen LogP contribution in [0.25, 0.3) is 87.3 Å². The third-order valence-corrected chi connectivity index (χ3v) is 11.6. The fraction of sp³-hybridized carbons (Fsp3) is 0. The number of nitrogens with zero attached hydrogens (tertiary/aromatic N) is 3. The SMILES string of the molecule is c1ccc(N(c2ccccc2)c2ccc3c4c5cccc6c5c5c(cccc5c4n(-c4ccccc4)c3c2)c2c3ccccc3n(-c3ccccc3)c62)cc1. The molecule has 0 fully saturated rings. The summed E-state index contributed by atoms with van der Waals surface area (Å²) in [5, 5.41) is 12.8. The number of anilines is 3. The summed E-state index contributed by atoms with van der Waals surface area (Å²) in [5.41, 5.74) is 10.6. The van der Waals surface area contributed by atoms with Crippen molar-refractivity contribution in [3.63, 3.8) is 0 Å². The third kappa shape index (κ3) is 4.21. The molecule has 0 aliphatic heterocycles. The molecule has 3 nitrogen and oxygen atoms in total. The van der Waals surface area contributed by atoms with E-state index in [9.17, 15) is 0 Å². The molecule has 0 aliphatic carbocycles. The molecule has 0 spiro atoms. The Labute approximate surface area is 317 Å². The lowest BCUT2D eigenvalue weighted by molar-refractivity contribution is 1.18. The van der Waals surface area contributed by atoms with Gasteiger partial charge >= 0.3 is 0 Å². The molecule has 0 saturated heterocycles. The zero-order valence-corrected chi connectivity index (χ0v) is 29.9. The number of rotatable bonds is 5. The average Bonchev–Trinajstić information content (AvgIpc) is 3.79. The van der Waals surface area contributed by atoms with E-state index in [1.807, 2.05) is 0 Å². The van der Waals surface area contributed by atoms with E-state index in [1.54, 1.807) is 0 Å². The fourth-order valence-electron chi connectivity index (χ4n) is 9.46. The van der Waals surface area contributed by atoms with Crippen LogP contribution >= 0.6 is 0 Å². The molecule has 2 aromatic heterocycles. The summed E-state index contributed by atoms with van der Waals surface area (Å²) in [6, 6.07) is 72.9. The maximum absolute atomic E-state index is 2.51. The van der Waals surface area contributed by atoms with Crippen LogP contribution in [-0.2, 0) is 0 Å². The molecule has 0 atom stereocenters. The van der Waals surface area contributed by atoms with Gasteiger partial charge in [0.05, 0.1) is 22.1 Å². The van der Waals surface area contributed by atoms with E-state index in [4.69, 9.17) is 0 Å². The van der Waals surface area contributed by atoms with E-state index < -0.39 is 0 Å². The van der Waals surface area contributed by atoms with Crippen molar-refractivity contribution in [3.05, 3.63) is 200 Å². The first-order valence-electron chi connectivity index (χ1n) is 19.0. The van der Waals surface area contributed by atoms with Crippen LogP contribution < -0.4 is 4.90 Å². The summed E-state index contributed by atoms with van der Waals surface area (Å²) in [6.07, 6.45) is 0. The lowest BCUT2D eigenvalue weighted by atomic mass is 9.88. The van der Waals surface area contributed by atoms with Crippen molar-refractivity contribution in [2.75, 3.05) is 4.90 Å². The standard InChI is InChI=1S/C52H33N3/c1-5-17-34(18-6-1)53(35-19-7-2-8-20-35)38-31-32-40-46(33-38)55(37-23-11-4-12-24-37)52-44-29-15-26-41-47(44)48-42(50(40)52)27-16-28-43(48)51-49(41)39-25-13-14-30-45(39)54(51)36-21-9-3-10-22-36/h1-33H. The van der Waals surface area contributed by atoms with E-state index in [2.05, 4.69) is 214 Å². The monoisotopic (exact) mass is 699 g/mol. The number of para-hydroxylation sites is 5. The van der Waals surface area contributed by atoms with Crippen molar-refractivity contribution in [2.45, 2.75) is 0 Å². The molecule has 12 aromatic rings. The van der Waals surface area contributed by atoms with E-state index in [1.165, 1.54) is 81.6 Å². The second-order valence-electron chi connectivity index (χ2n) is 14.5. The van der Waals surface area contributed by atoms with Gasteiger partial charge in [-0.2, -0.15) is 0 Å². The number of hydrogen-bond donors (Lipinski definition) is 0. The Bertz CT molecular complexity index is 3360. The molecule has 0 saturated carbocycles. The van der Waals surface area contributed by atoms with Crippen molar-refractivity contribution in [3.8, 4) is 11.4 Å². The molecule has 0 amide bonds. The van der Waals surface area contributed by atoms with Crippen LogP contribution in [0.2, 0.25) is 0 Å². The van der Waals surface area contributed by atoms with Crippen LogP contribution in [0.15, 0.2) is 200 Å². The number of hydrogen-bond acceptors (Lipinski definition) is 1. The Morgan fingerprint density at radius 3 is 1.24 bits per heavy atom. The number of aromatic nitrogens is 2. The highest BCUT2D eigenvalue weighted by Crippen LogP contribution is 2.51. The molecule has 0 aliphatic rings. The average molecular weight is 700 g/mol. The molecular weight excluding hydrogens is 667 g/mol. The lowest BCUT2D eigenvalue weighted by Gasteiger charge is -2.25. The summed E-state index contributed by atoms with van der Waals surface area (Å²) in [5.74, 6) is 0. The van der Waals surface area contributed by atoms with Crippen molar-refractivity contribution in [1.29, 1.82) is 0 Å². The van der Waals surface area contributed by atoms with Crippen LogP contribution in [0.4, 0.5) is 17.1 Å². The van der Waals surface area contributed by atoms with Gasteiger partial charge in [-0.25, -0.2) is 0 Å². The maximum atomic E-state index is 2.51. The topological polar surface area (TPSA) is 13.1 Å². The summed E-state index contributed by atoms with van der Waals surface area (Å²) in [7, 11) is 0. The Morgan fingerprint density at radius 1 is 0.273 bits per heavy atom. The van der Waals surface area contributed by atoms with Gasteiger partial charge in [0, 0.05) is 71.5 Å². The Kier molecular flexibility index (Phi) is 6.34. The summed E-state index contributed by atoms with van der Waals surface area (Å²) < 4.78 is 4.99. The van der Waals surface area contributed by atoms with E-state index in [0.29, 0.717) is 0 Å². The molecule has 0 bridgehead atoms. The van der Waals surface area contributed by atoms with Crippen LogP contribution in [0.1, 0.15) is 0 Å². The quantitative estimate of drug-likeness (QED) is 0.163. The van der Waals surface area contributed by atoms with Gasteiger partial charge in [-0.05, 0) is 77.5 Å². The highest BCUT2D eigenvalue weighted by Gasteiger charge is 2.26. The minimum Gasteiger partial charge on any atom is -0.310 e. The molecule has 10 aromatic carbocycles. The lowest BCUT2D eigenvalue weighted by Crippen LogP contribution is -2.09. The molecule has 55 heavy (non-hydrogen) atoms. The van der Waals surface area contributed by atoms with Crippen molar-refractivity contribution in [2.24, 2.45) is 0 Å². The first-order valence-corrected chi connectivity index (χ1v) is 19.0. The minimum absolute atomic E-state index is 1.11. The van der Waals surface area contributed by atoms with E-state index in [-0.39, 0.29) is 0 Å². The van der Waals surface area contributed by atoms with Gasteiger partial charge in [-0.3, -0.25) is 0 Å². The highest BCUT2D eigenvalue weighted by atomic mass is 15.1. The second kappa shape index (κ2) is 11.6. The molecule has 0 unspecified atom stereocenters. The number of fused-ring (bicyclic) bond motifs is 10. The van der Waals surface area contributed by atoms with Gasteiger partial charge in [-0.1, -0.05) is 133 Å². The van der Waals surface area contributed by atoms with Gasteiger partial charge in [0.2, 0.25) is 0 Å². The van der Waals surface area contributed by atoms with Crippen LogP contribution in [0.5, 0.6) is 0 Å². The van der Waals surface area contributed by atoms with Crippen molar-refractivity contribution in [1.82, 2.24) is 9.13 Å². The first kappa shape index (κ1) is 30.1. The minimum atomic E-state index is 1.11. The normalized spacial score (nSPS) is 12.0. The Morgan fingerprint density at radius 2 is 0.691 bits per heavy atom. The number of benzene rings is 10. The Balaban J connectivity index is 1.28. The van der Waals surface area contributed by atoms with Crippen LogP contribution in [0, 0.1) is 0 Å². The zero-order valence-electron chi connectivity index (χ0n) is 29.9. The molecular formula is C52H33N3. The second-order valence-corrected chi connectivity index (χ2v) is 14.5. The molecule has 0 N–H and O–H groups in total. The van der Waals surface area contributed by atoms with Crippen LogP contribution in [0.3, 0.4) is 0 Å². The molecule has 256 valence electrons. The zero-order chi connectivity index (χ0) is 36.0. The summed E-state index contributed by atoms with van der Waals surface area (Å²) in [6.45, 7) is 0. The largest absolute Gasteiger partial charge is 0.310 e. The Hall–Kier alpha value is -7.36. The molecule has 0 radical (unpaired) electrons. The van der Waals surface area contributed by atoms with Crippen molar-refractivity contribution >= 4 is 93.0 Å². The third-order valence-electron chi connectivity index (χ3n) is 11.6. The maximum Gasteiger partial charge on any atom is 0.0626 e. The molecule has 3 heteroatoms. The van der Waals surface area contributed by atoms with E-state index >= 15 is 0 Å².